The van der Waals surface area contributed by atoms with Crippen LogP contribution in [0.4, 0.5) is 5.13 Å². The van der Waals surface area contributed by atoms with Gasteiger partial charge in [-0.1, -0.05) is 11.3 Å². The molecule has 0 aliphatic heterocycles. The van der Waals surface area contributed by atoms with Gasteiger partial charge in [0.2, 0.25) is 5.91 Å². The molecular formula is C12H10N2O3S. The lowest BCUT2D eigenvalue weighted by atomic mass is 10.2. The van der Waals surface area contributed by atoms with Gasteiger partial charge < -0.3 is 10.4 Å². The predicted molar refractivity (Wildman–Crippen MR) is 67.9 cm³/mol. The maximum Gasteiger partial charge on any atom is 0.335 e. The highest BCUT2D eigenvalue weighted by atomic mass is 32.1. The summed E-state index contributed by atoms with van der Waals surface area (Å²) in [4.78, 5) is 26.7. The Morgan fingerprint density at radius 1 is 1.39 bits per heavy atom. The number of hydrogen-bond donors (Lipinski definition) is 2. The van der Waals surface area contributed by atoms with Gasteiger partial charge in [-0.05, 0) is 31.0 Å². The number of carbonyl (C=O) groups is 2. The maximum atomic E-state index is 11.6. The summed E-state index contributed by atoms with van der Waals surface area (Å²) < 4.78 is 0.765. The van der Waals surface area contributed by atoms with Crippen LogP contribution in [-0.2, 0) is 4.79 Å². The van der Waals surface area contributed by atoms with E-state index >= 15 is 0 Å². The number of anilines is 1. The summed E-state index contributed by atoms with van der Waals surface area (Å²) in [6.45, 7) is 0. The molecule has 1 aromatic carbocycles. The van der Waals surface area contributed by atoms with Crippen molar-refractivity contribution in [1.82, 2.24) is 4.98 Å². The number of benzene rings is 1. The summed E-state index contributed by atoms with van der Waals surface area (Å²) in [5.74, 6) is -0.826. The van der Waals surface area contributed by atoms with Gasteiger partial charge in [0.1, 0.15) is 0 Å². The number of carboxylic acid groups (broad SMARTS) is 1. The normalized spacial score (nSPS) is 14.7. The number of nitrogens with zero attached hydrogens (tertiary/aromatic N) is 1. The predicted octanol–water partition coefficient (Wildman–Crippen LogP) is 2.34. The second-order valence-corrected chi connectivity index (χ2v) is 5.30. The first-order chi connectivity index (χ1) is 8.63. The Hall–Kier alpha value is -1.95. The van der Waals surface area contributed by atoms with Gasteiger partial charge in [-0.3, -0.25) is 4.79 Å². The second kappa shape index (κ2) is 4.06. The molecule has 0 unspecified atom stereocenters. The van der Waals surface area contributed by atoms with E-state index in [0.717, 1.165) is 17.5 Å². The molecule has 1 aliphatic carbocycles. The van der Waals surface area contributed by atoms with Crippen molar-refractivity contribution in [2.75, 3.05) is 5.32 Å². The maximum absolute atomic E-state index is 11.6. The Labute approximate surface area is 106 Å². The average molecular weight is 262 g/mol. The molecule has 92 valence electrons. The summed E-state index contributed by atoms with van der Waals surface area (Å²) in [5, 5.41) is 12.2. The minimum Gasteiger partial charge on any atom is -0.478 e. The quantitative estimate of drug-likeness (QED) is 0.889. The molecule has 0 spiro atoms. The fourth-order valence-electron chi connectivity index (χ4n) is 1.66. The fourth-order valence-corrected chi connectivity index (χ4v) is 2.57. The standard InChI is InChI=1S/C12H10N2O3S/c15-10(6-1-2-6)14-12-13-8-4-3-7(11(16)17)5-9(8)18-12/h3-6H,1-2H2,(H,16,17)(H,13,14,15). The van der Waals surface area contributed by atoms with Gasteiger partial charge in [-0.2, -0.15) is 0 Å². The van der Waals surface area contributed by atoms with E-state index < -0.39 is 5.97 Å². The van der Waals surface area contributed by atoms with Crippen LogP contribution in [0.5, 0.6) is 0 Å². The Balaban J connectivity index is 1.90. The first-order valence-electron chi connectivity index (χ1n) is 5.58. The number of amides is 1. The van der Waals surface area contributed by atoms with Crippen molar-refractivity contribution < 1.29 is 14.7 Å². The number of rotatable bonds is 3. The third-order valence-electron chi connectivity index (χ3n) is 2.81. The largest absolute Gasteiger partial charge is 0.478 e. The minimum absolute atomic E-state index is 0.00696. The molecule has 2 N–H and O–H groups in total. The van der Waals surface area contributed by atoms with Gasteiger partial charge in [0.25, 0.3) is 0 Å². The Morgan fingerprint density at radius 2 is 2.17 bits per heavy atom. The van der Waals surface area contributed by atoms with E-state index in [1.807, 2.05) is 0 Å². The van der Waals surface area contributed by atoms with Crippen molar-refractivity contribution in [2.24, 2.45) is 5.92 Å². The molecule has 1 fully saturated rings. The molecule has 3 rings (SSSR count). The van der Waals surface area contributed by atoms with E-state index in [1.54, 1.807) is 12.1 Å². The molecule has 1 saturated carbocycles. The van der Waals surface area contributed by atoms with Crippen LogP contribution in [0.15, 0.2) is 18.2 Å². The number of thiazole rings is 1. The zero-order valence-corrected chi connectivity index (χ0v) is 10.2. The molecule has 1 aromatic heterocycles. The van der Waals surface area contributed by atoms with E-state index in [-0.39, 0.29) is 17.4 Å². The van der Waals surface area contributed by atoms with Crippen LogP contribution in [0.1, 0.15) is 23.2 Å². The minimum atomic E-state index is -0.964. The number of fused-ring (bicyclic) bond motifs is 1. The highest BCUT2D eigenvalue weighted by Gasteiger charge is 2.30. The summed E-state index contributed by atoms with van der Waals surface area (Å²) in [5.41, 5.74) is 0.933. The van der Waals surface area contributed by atoms with Crippen molar-refractivity contribution in [3.8, 4) is 0 Å². The van der Waals surface area contributed by atoms with Crippen LogP contribution in [0.2, 0.25) is 0 Å². The van der Waals surface area contributed by atoms with Gasteiger partial charge in [0.05, 0.1) is 15.8 Å². The molecule has 1 aliphatic rings. The van der Waals surface area contributed by atoms with E-state index in [1.165, 1.54) is 17.4 Å². The number of carboxylic acids is 1. The van der Waals surface area contributed by atoms with Crippen molar-refractivity contribution in [3.63, 3.8) is 0 Å². The van der Waals surface area contributed by atoms with E-state index in [2.05, 4.69) is 10.3 Å². The highest BCUT2D eigenvalue weighted by molar-refractivity contribution is 7.22. The number of hydrogen-bond acceptors (Lipinski definition) is 4. The zero-order chi connectivity index (χ0) is 12.7. The lowest BCUT2D eigenvalue weighted by Crippen LogP contribution is -2.12. The van der Waals surface area contributed by atoms with Crippen molar-refractivity contribution >= 4 is 38.6 Å². The van der Waals surface area contributed by atoms with E-state index in [4.69, 9.17) is 5.11 Å². The van der Waals surface area contributed by atoms with Crippen molar-refractivity contribution in [2.45, 2.75) is 12.8 Å². The lowest BCUT2D eigenvalue weighted by Gasteiger charge is -1.96. The lowest BCUT2D eigenvalue weighted by molar-refractivity contribution is -0.117. The first kappa shape index (κ1) is 11.2. The van der Waals surface area contributed by atoms with Crippen LogP contribution >= 0.6 is 11.3 Å². The molecule has 18 heavy (non-hydrogen) atoms. The van der Waals surface area contributed by atoms with E-state index in [9.17, 15) is 9.59 Å². The van der Waals surface area contributed by atoms with Crippen LogP contribution in [0, 0.1) is 5.92 Å². The Kier molecular flexibility index (Phi) is 2.52. The smallest absolute Gasteiger partial charge is 0.335 e. The van der Waals surface area contributed by atoms with Crippen LogP contribution < -0.4 is 5.32 Å². The third kappa shape index (κ3) is 2.06. The number of carbonyl (C=O) groups excluding carboxylic acids is 1. The van der Waals surface area contributed by atoms with Crippen molar-refractivity contribution in [1.29, 1.82) is 0 Å². The van der Waals surface area contributed by atoms with Gasteiger partial charge in [0, 0.05) is 5.92 Å². The second-order valence-electron chi connectivity index (χ2n) is 4.27. The highest BCUT2D eigenvalue weighted by Crippen LogP contribution is 2.32. The van der Waals surface area contributed by atoms with Crippen molar-refractivity contribution in [3.05, 3.63) is 23.8 Å². The topological polar surface area (TPSA) is 79.3 Å². The molecule has 0 atom stereocenters. The van der Waals surface area contributed by atoms with Gasteiger partial charge in [-0.25, -0.2) is 9.78 Å². The fraction of sp³-hybridized carbons (Fsp3) is 0.250. The number of aromatic nitrogens is 1. The van der Waals surface area contributed by atoms with Gasteiger partial charge in [-0.15, -0.1) is 0 Å². The number of aromatic carboxylic acids is 1. The summed E-state index contributed by atoms with van der Waals surface area (Å²) in [6.07, 6.45) is 1.89. The first-order valence-corrected chi connectivity index (χ1v) is 6.40. The van der Waals surface area contributed by atoms with Gasteiger partial charge in [0.15, 0.2) is 5.13 Å². The van der Waals surface area contributed by atoms with Crippen LogP contribution in [0.25, 0.3) is 10.2 Å². The van der Waals surface area contributed by atoms with E-state index in [0.29, 0.717) is 10.6 Å². The van der Waals surface area contributed by atoms with Crippen LogP contribution in [-0.4, -0.2) is 22.0 Å². The molecule has 0 radical (unpaired) electrons. The van der Waals surface area contributed by atoms with Gasteiger partial charge >= 0.3 is 5.97 Å². The molecule has 0 bridgehead atoms. The molecule has 1 amide bonds. The molecular weight excluding hydrogens is 252 g/mol. The molecule has 6 heteroatoms. The molecule has 1 heterocycles. The average Bonchev–Trinajstić information content (AvgIpc) is 3.09. The molecule has 2 aromatic rings. The zero-order valence-electron chi connectivity index (χ0n) is 9.34. The number of nitrogens with one attached hydrogen (secondary N) is 1. The summed E-state index contributed by atoms with van der Waals surface area (Å²) in [6, 6.07) is 4.74. The Morgan fingerprint density at radius 3 is 2.83 bits per heavy atom. The SMILES string of the molecule is O=C(O)c1ccc2nc(NC(=O)C3CC3)sc2c1. The third-order valence-corrected chi connectivity index (χ3v) is 3.75. The molecule has 5 nitrogen and oxygen atoms in total. The summed E-state index contributed by atoms with van der Waals surface area (Å²) >= 11 is 1.30. The summed E-state index contributed by atoms with van der Waals surface area (Å²) in [7, 11) is 0. The Bertz CT molecular complexity index is 646. The monoisotopic (exact) mass is 262 g/mol. The molecule has 0 saturated heterocycles. The van der Waals surface area contributed by atoms with Crippen LogP contribution in [0.3, 0.4) is 0 Å².